The van der Waals surface area contributed by atoms with E-state index in [1.54, 1.807) is 18.2 Å². The number of alkyl halides is 6. The zero-order valence-electron chi connectivity index (χ0n) is 16.8. The maximum Gasteiger partial charge on any atom is 0.407 e. The standard InChI is InChI=1S/C19H23ClF6N4O2/c20-12-2-1-11(14(7-12)29-4-3-13(27)9-29)8-28-5-6-30(17(31)32)15(10-28)16(18(21,22)23)19(24,25)26/h1-2,7,13,15-16H,3-6,8-10,27H2,(H,31,32)/t13?,15-/m0/s1. The molecule has 2 aliphatic rings. The molecule has 13 heteroatoms. The van der Waals surface area contributed by atoms with Gasteiger partial charge in [0.1, 0.15) is 0 Å². The summed E-state index contributed by atoms with van der Waals surface area (Å²) in [5, 5.41) is 9.68. The van der Waals surface area contributed by atoms with Crippen LogP contribution in [0.2, 0.25) is 5.02 Å². The van der Waals surface area contributed by atoms with Crippen LogP contribution in [0, 0.1) is 5.92 Å². The van der Waals surface area contributed by atoms with E-state index >= 15 is 0 Å². The predicted molar refractivity (Wildman–Crippen MR) is 106 cm³/mol. The second-order valence-corrected chi connectivity index (χ2v) is 8.54. The number of nitrogens with zero attached hydrogens (tertiary/aromatic N) is 3. The second-order valence-electron chi connectivity index (χ2n) is 8.11. The first kappa shape index (κ1) is 24.7. The molecule has 6 nitrogen and oxygen atoms in total. The first-order chi connectivity index (χ1) is 14.8. The molecule has 2 atom stereocenters. The summed E-state index contributed by atoms with van der Waals surface area (Å²) in [7, 11) is 0. The number of carboxylic acid groups (broad SMARTS) is 1. The van der Waals surface area contributed by atoms with Crippen LogP contribution in [0.15, 0.2) is 18.2 Å². The molecule has 1 aromatic carbocycles. The molecule has 3 rings (SSSR count). The van der Waals surface area contributed by atoms with Crippen LogP contribution in [0.5, 0.6) is 0 Å². The molecule has 1 unspecified atom stereocenters. The molecule has 2 saturated heterocycles. The highest BCUT2D eigenvalue weighted by Gasteiger charge is 2.62. The summed E-state index contributed by atoms with van der Waals surface area (Å²) in [6, 6.07) is 2.59. The summed E-state index contributed by atoms with van der Waals surface area (Å²) in [4.78, 5) is 15.1. The molecule has 32 heavy (non-hydrogen) atoms. The number of amides is 1. The average Bonchev–Trinajstić information content (AvgIpc) is 3.07. The van der Waals surface area contributed by atoms with Gasteiger partial charge in [0.05, 0.1) is 6.04 Å². The molecular weight excluding hydrogens is 466 g/mol. The Bertz CT molecular complexity index is 823. The van der Waals surface area contributed by atoms with Gasteiger partial charge < -0.3 is 20.6 Å². The van der Waals surface area contributed by atoms with E-state index in [9.17, 15) is 36.2 Å². The maximum absolute atomic E-state index is 13.3. The molecule has 3 N–H and O–H groups in total. The van der Waals surface area contributed by atoms with Gasteiger partial charge in [0.2, 0.25) is 0 Å². The molecule has 2 aliphatic heterocycles. The predicted octanol–water partition coefficient (Wildman–Crippen LogP) is 3.78. The second kappa shape index (κ2) is 9.14. The minimum atomic E-state index is -5.64. The highest BCUT2D eigenvalue weighted by molar-refractivity contribution is 6.30. The summed E-state index contributed by atoms with van der Waals surface area (Å²) in [6.45, 7) is 0.0519. The van der Waals surface area contributed by atoms with Crippen molar-refractivity contribution in [3.8, 4) is 0 Å². The zero-order valence-corrected chi connectivity index (χ0v) is 17.6. The van der Waals surface area contributed by atoms with Gasteiger partial charge in [-0.15, -0.1) is 0 Å². The summed E-state index contributed by atoms with van der Waals surface area (Å²) in [5.74, 6) is -3.78. The van der Waals surface area contributed by atoms with Gasteiger partial charge in [-0.3, -0.25) is 4.90 Å². The third-order valence-electron chi connectivity index (χ3n) is 5.85. The van der Waals surface area contributed by atoms with Gasteiger partial charge in [-0.1, -0.05) is 17.7 Å². The lowest BCUT2D eigenvalue weighted by Gasteiger charge is -2.44. The molecule has 0 radical (unpaired) electrons. The van der Waals surface area contributed by atoms with Crippen molar-refractivity contribution < 1.29 is 36.2 Å². The van der Waals surface area contributed by atoms with E-state index in [0.717, 1.165) is 6.42 Å². The molecule has 0 spiro atoms. The molecular formula is C19H23ClF6N4O2. The van der Waals surface area contributed by atoms with Crippen LogP contribution in [0.25, 0.3) is 0 Å². The van der Waals surface area contributed by atoms with Gasteiger partial charge in [-0.25, -0.2) is 4.79 Å². The van der Waals surface area contributed by atoms with E-state index in [4.69, 9.17) is 17.3 Å². The Balaban J connectivity index is 1.87. The van der Waals surface area contributed by atoms with Crippen LogP contribution in [-0.2, 0) is 6.54 Å². The summed E-state index contributed by atoms with van der Waals surface area (Å²) in [6.07, 6.45) is -12.4. The molecule has 0 aromatic heterocycles. The van der Waals surface area contributed by atoms with Crippen molar-refractivity contribution in [1.82, 2.24) is 9.80 Å². The first-order valence-electron chi connectivity index (χ1n) is 9.91. The number of anilines is 1. The summed E-state index contributed by atoms with van der Waals surface area (Å²) < 4.78 is 80.1. The fraction of sp³-hybridized carbons (Fsp3) is 0.632. The van der Waals surface area contributed by atoms with Gasteiger partial charge in [-0.05, 0) is 24.1 Å². The molecule has 0 saturated carbocycles. The van der Waals surface area contributed by atoms with E-state index in [2.05, 4.69) is 0 Å². The molecule has 2 heterocycles. The monoisotopic (exact) mass is 488 g/mol. The number of nitrogens with two attached hydrogens (primary N) is 1. The van der Waals surface area contributed by atoms with Crippen molar-refractivity contribution in [2.24, 2.45) is 11.7 Å². The lowest BCUT2D eigenvalue weighted by Crippen LogP contribution is -2.62. The van der Waals surface area contributed by atoms with E-state index < -0.39 is 43.5 Å². The lowest BCUT2D eigenvalue weighted by molar-refractivity contribution is -0.300. The Hall–Kier alpha value is -1.92. The summed E-state index contributed by atoms with van der Waals surface area (Å²) in [5.41, 5.74) is 7.33. The zero-order chi connectivity index (χ0) is 23.8. The summed E-state index contributed by atoms with van der Waals surface area (Å²) >= 11 is 6.10. The number of benzene rings is 1. The number of piperazine rings is 1. The molecule has 2 fully saturated rings. The first-order valence-corrected chi connectivity index (χ1v) is 10.3. The van der Waals surface area contributed by atoms with Crippen LogP contribution in [-0.4, -0.2) is 78.2 Å². The molecule has 0 bridgehead atoms. The number of rotatable bonds is 4. The van der Waals surface area contributed by atoms with Gasteiger partial charge in [-0.2, -0.15) is 26.3 Å². The van der Waals surface area contributed by atoms with Crippen LogP contribution < -0.4 is 10.6 Å². The van der Waals surface area contributed by atoms with E-state index in [1.165, 1.54) is 4.90 Å². The Labute approximate surface area is 185 Å². The largest absolute Gasteiger partial charge is 0.465 e. The SMILES string of the molecule is NC1CCN(c2cc(Cl)ccc2CN2CCN(C(=O)O)[C@H](C(C(F)(F)F)C(F)(F)F)C2)C1. The fourth-order valence-electron chi connectivity index (χ4n) is 4.37. The van der Waals surface area contributed by atoms with Crippen LogP contribution in [0.4, 0.5) is 36.8 Å². The number of hydrogen-bond acceptors (Lipinski definition) is 4. The highest BCUT2D eigenvalue weighted by Crippen LogP contribution is 2.44. The Kier molecular flexibility index (Phi) is 7.06. The van der Waals surface area contributed by atoms with E-state index in [1.807, 2.05) is 4.90 Å². The van der Waals surface area contributed by atoms with Crippen molar-refractivity contribution in [1.29, 1.82) is 0 Å². The van der Waals surface area contributed by atoms with Crippen LogP contribution in [0.1, 0.15) is 12.0 Å². The van der Waals surface area contributed by atoms with Crippen molar-refractivity contribution in [3.05, 3.63) is 28.8 Å². The lowest BCUT2D eigenvalue weighted by atomic mass is 9.94. The van der Waals surface area contributed by atoms with Crippen molar-refractivity contribution in [3.63, 3.8) is 0 Å². The minimum Gasteiger partial charge on any atom is -0.465 e. The van der Waals surface area contributed by atoms with Crippen molar-refractivity contribution >= 4 is 23.4 Å². The van der Waals surface area contributed by atoms with Gasteiger partial charge >= 0.3 is 18.4 Å². The fourth-order valence-corrected chi connectivity index (χ4v) is 4.54. The van der Waals surface area contributed by atoms with Gasteiger partial charge in [0.25, 0.3) is 0 Å². The topological polar surface area (TPSA) is 73.0 Å². The van der Waals surface area contributed by atoms with E-state index in [-0.39, 0.29) is 24.0 Å². The number of hydrogen-bond donors (Lipinski definition) is 2. The van der Waals surface area contributed by atoms with Crippen molar-refractivity contribution in [2.45, 2.75) is 37.4 Å². The Morgan fingerprint density at radius 2 is 1.78 bits per heavy atom. The molecule has 1 amide bonds. The smallest absolute Gasteiger partial charge is 0.407 e. The van der Waals surface area contributed by atoms with Crippen LogP contribution >= 0.6 is 11.6 Å². The quantitative estimate of drug-likeness (QED) is 0.631. The third-order valence-corrected chi connectivity index (χ3v) is 6.08. The van der Waals surface area contributed by atoms with Gasteiger partial charge in [0.15, 0.2) is 5.92 Å². The minimum absolute atomic E-state index is 0.00713. The molecule has 0 aliphatic carbocycles. The molecule has 1 aromatic rings. The number of carbonyl (C=O) groups is 1. The molecule has 180 valence electrons. The Morgan fingerprint density at radius 3 is 2.31 bits per heavy atom. The normalized spacial score (nSPS) is 23.3. The third kappa shape index (κ3) is 5.52. The van der Waals surface area contributed by atoms with E-state index in [0.29, 0.717) is 29.4 Å². The highest BCUT2D eigenvalue weighted by atomic mass is 35.5. The van der Waals surface area contributed by atoms with Crippen molar-refractivity contribution in [2.75, 3.05) is 37.6 Å². The average molecular weight is 489 g/mol. The maximum atomic E-state index is 13.3. The van der Waals surface area contributed by atoms with Crippen LogP contribution in [0.3, 0.4) is 0 Å². The Morgan fingerprint density at radius 1 is 1.12 bits per heavy atom. The number of halogens is 7. The van der Waals surface area contributed by atoms with Gasteiger partial charge in [0, 0.05) is 56.0 Å².